The molecule has 0 saturated carbocycles. The maximum Gasteiger partial charge on any atom is 0.335 e. The number of nitrogens with one attached hydrogen (secondary N) is 2. The van der Waals surface area contributed by atoms with Gasteiger partial charge in [-0.2, -0.15) is 0 Å². The molecule has 0 aliphatic rings. The molecular weight excluding hydrogens is 376 g/mol. The van der Waals surface area contributed by atoms with Crippen molar-refractivity contribution >= 4 is 29.2 Å². The normalized spacial score (nSPS) is 10.2. The van der Waals surface area contributed by atoms with E-state index >= 15 is 0 Å². The van der Waals surface area contributed by atoms with Crippen LogP contribution in [0, 0.1) is 0 Å². The molecule has 0 spiro atoms. The van der Waals surface area contributed by atoms with Gasteiger partial charge in [-0.1, -0.05) is 18.2 Å². The van der Waals surface area contributed by atoms with E-state index in [9.17, 15) is 19.5 Å². The van der Waals surface area contributed by atoms with Crippen LogP contribution in [0.2, 0.25) is 0 Å². The predicted molar refractivity (Wildman–Crippen MR) is 105 cm³/mol. The molecule has 0 saturated heterocycles. The maximum atomic E-state index is 12.3. The van der Waals surface area contributed by atoms with Crippen molar-refractivity contribution in [1.29, 1.82) is 0 Å². The predicted octanol–water partition coefficient (Wildman–Crippen LogP) is 3.42. The number of aromatic carboxylic acids is 1. The van der Waals surface area contributed by atoms with Gasteiger partial charge in [-0.25, -0.2) is 4.79 Å². The first-order valence-electron chi connectivity index (χ1n) is 8.62. The van der Waals surface area contributed by atoms with Gasteiger partial charge >= 0.3 is 5.97 Å². The first-order chi connectivity index (χ1) is 14.0. The van der Waals surface area contributed by atoms with Gasteiger partial charge in [-0.05, 0) is 35.9 Å². The number of hydrogen-bond donors (Lipinski definition) is 3. The summed E-state index contributed by atoms with van der Waals surface area (Å²) in [5.74, 6) is -1.41. The average Bonchev–Trinajstić information content (AvgIpc) is 3.24. The molecule has 2 aromatic carbocycles. The minimum Gasteiger partial charge on any atom is -0.494 e. The standard InChI is InChI=1S/C21H18N2O6/c1-28-18-12-14(8-9-16(18)23-20(25)17-7-4-10-29-17)22-19(24)11-13-5-2-3-6-15(13)21(26)27/h2-10,12H,11H2,1H3,(H,22,24)(H,23,25)(H,26,27). The second kappa shape index (κ2) is 8.75. The number of carboxylic acid groups (broad SMARTS) is 1. The minimum absolute atomic E-state index is 0.0798. The number of methoxy groups -OCH3 is 1. The fourth-order valence-corrected chi connectivity index (χ4v) is 2.73. The van der Waals surface area contributed by atoms with Gasteiger partial charge in [-0.15, -0.1) is 0 Å². The van der Waals surface area contributed by atoms with Crippen LogP contribution in [0.4, 0.5) is 11.4 Å². The maximum absolute atomic E-state index is 12.3. The van der Waals surface area contributed by atoms with Crippen molar-refractivity contribution in [2.45, 2.75) is 6.42 Å². The van der Waals surface area contributed by atoms with E-state index in [-0.39, 0.29) is 23.7 Å². The molecule has 0 bridgehead atoms. The van der Waals surface area contributed by atoms with Gasteiger partial charge in [0.15, 0.2) is 5.76 Å². The Bertz CT molecular complexity index is 1040. The highest BCUT2D eigenvalue weighted by Crippen LogP contribution is 2.28. The number of ether oxygens (including phenoxy) is 1. The summed E-state index contributed by atoms with van der Waals surface area (Å²) in [6.07, 6.45) is 1.30. The third kappa shape index (κ3) is 4.81. The summed E-state index contributed by atoms with van der Waals surface area (Å²) in [6.45, 7) is 0. The van der Waals surface area contributed by atoms with Crippen molar-refractivity contribution in [3.8, 4) is 5.75 Å². The van der Waals surface area contributed by atoms with Crippen LogP contribution in [0.1, 0.15) is 26.5 Å². The van der Waals surface area contributed by atoms with E-state index in [1.807, 2.05) is 0 Å². The van der Waals surface area contributed by atoms with Gasteiger partial charge in [0.1, 0.15) is 5.75 Å². The van der Waals surface area contributed by atoms with Crippen LogP contribution < -0.4 is 15.4 Å². The molecule has 0 aliphatic carbocycles. The molecule has 0 fully saturated rings. The Morgan fingerprint density at radius 3 is 2.52 bits per heavy atom. The zero-order valence-corrected chi connectivity index (χ0v) is 15.5. The topological polar surface area (TPSA) is 118 Å². The summed E-state index contributed by atoms with van der Waals surface area (Å²) < 4.78 is 10.3. The number of anilines is 2. The molecule has 0 atom stereocenters. The number of carbonyl (C=O) groups is 3. The van der Waals surface area contributed by atoms with E-state index in [2.05, 4.69) is 10.6 Å². The number of benzene rings is 2. The second-order valence-corrected chi connectivity index (χ2v) is 6.03. The molecule has 1 aromatic heterocycles. The van der Waals surface area contributed by atoms with Gasteiger partial charge in [0.2, 0.25) is 5.91 Å². The SMILES string of the molecule is COc1cc(NC(=O)Cc2ccccc2C(=O)O)ccc1NC(=O)c1ccco1. The van der Waals surface area contributed by atoms with Crippen molar-refractivity contribution in [3.63, 3.8) is 0 Å². The molecule has 0 unspecified atom stereocenters. The summed E-state index contributed by atoms with van der Waals surface area (Å²) >= 11 is 0. The summed E-state index contributed by atoms with van der Waals surface area (Å²) in [5, 5.41) is 14.6. The fourth-order valence-electron chi connectivity index (χ4n) is 2.73. The third-order valence-electron chi connectivity index (χ3n) is 4.08. The van der Waals surface area contributed by atoms with Crippen LogP contribution in [0.3, 0.4) is 0 Å². The molecule has 1 heterocycles. The first-order valence-corrected chi connectivity index (χ1v) is 8.62. The van der Waals surface area contributed by atoms with Gasteiger partial charge in [-0.3, -0.25) is 9.59 Å². The highest BCUT2D eigenvalue weighted by atomic mass is 16.5. The van der Waals surface area contributed by atoms with E-state index in [0.717, 1.165) is 0 Å². The largest absolute Gasteiger partial charge is 0.494 e. The molecule has 8 nitrogen and oxygen atoms in total. The molecular formula is C21H18N2O6. The van der Waals surface area contributed by atoms with Crippen LogP contribution >= 0.6 is 0 Å². The summed E-state index contributed by atoms with van der Waals surface area (Å²) in [4.78, 5) is 35.7. The zero-order chi connectivity index (χ0) is 20.8. The highest BCUT2D eigenvalue weighted by molar-refractivity contribution is 6.03. The lowest BCUT2D eigenvalue weighted by Gasteiger charge is -2.12. The van der Waals surface area contributed by atoms with Crippen molar-refractivity contribution in [1.82, 2.24) is 0 Å². The van der Waals surface area contributed by atoms with Crippen molar-refractivity contribution in [2.24, 2.45) is 0 Å². The van der Waals surface area contributed by atoms with E-state index in [1.165, 1.54) is 25.5 Å². The molecule has 3 aromatic rings. The Kier molecular flexibility index (Phi) is 5.94. The van der Waals surface area contributed by atoms with Crippen molar-refractivity contribution < 1.29 is 28.6 Å². The van der Waals surface area contributed by atoms with Crippen LogP contribution in [0.5, 0.6) is 5.75 Å². The highest BCUT2D eigenvalue weighted by Gasteiger charge is 2.15. The number of carboxylic acids is 1. The molecule has 3 rings (SSSR count). The number of furan rings is 1. The Labute approximate surface area is 166 Å². The Morgan fingerprint density at radius 2 is 1.83 bits per heavy atom. The molecule has 148 valence electrons. The summed E-state index contributed by atoms with van der Waals surface area (Å²) in [7, 11) is 1.44. The summed E-state index contributed by atoms with van der Waals surface area (Å²) in [6, 6.07) is 14.2. The van der Waals surface area contributed by atoms with E-state index in [0.29, 0.717) is 22.7 Å². The molecule has 0 aliphatic heterocycles. The van der Waals surface area contributed by atoms with E-state index in [1.54, 1.807) is 42.5 Å². The lowest BCUT2D eigenvalue weighted by molar-refractivity contribution is -0.115. The molecule has 2 amide bonds. The molecule has 3 N–H and O–H groups in total. The Balaban J connectivity index is 1.71. The van der Waals surface area contributed by atoms with Crippen LogP contribution in [0.25, 0.3) is 0 Å². The quantitative estimate of drug-likeness (QED) is 0.565. The number of carbonyl (C=O) groups excluding carboxylic acids is 2. The minimum atomic E-state index is -1.09. The second-order valence-electron chi connectivity index (χ2n) is 6.03. The number of rotatable bonds is 7. The van der Waals surface area contributed by atoms with Gasteiger partial charge in [0.05, 0.1) is 31.0 Å². The smallest absolute Gasteiger partial charge is 0.335 e. The van der Waals surface area contributed by atoms with E-state index in [4.69, 9.17) is 9.15 Å². The Hall–Kier alpha value is -4.07. The first kappa shape index (κ1) is 19.7. The fraction of sp³-hybridized carbons (Fsp3) is 0.0952. The van der Waals surface area contributed by atoms with Crippen molar-refractivity contribution in [3.05, 3.63) is 77.7 Å². The average molecular weight is 394 g/mol. The lowest BCUT2D eigenvalue weighted by Crippen LogP contribution is -2.17. The Morgan fingerprint density at radius 1 is 1.03 bits per heavy atom. The number of amides is 2. The van der Waals surface area contributed by atoms with Gasteiger partial charge in [0.25, 0.3) is 5.91 Å². The monoisotopic (exact) mass is 394 g/mol. The van der Waals surface area contributed by atoms with Crippen LogP contribution in [-0.2, 0) is 11.2 Å². The summed E-state index contributed by atoms with van der Waals surface area (Å²) in [5.41, 5.74) is 1.33. The molecule has 29 heavy (non-hydrogen) atoms. The van der Waals surface area contributed by atoms with Gasteiger partial charge < -0.3 is 24.9 Å². The van der Waals surface area contributed by atoms with E-state index < -0.39 is 11.9 Å². The zero-order valence-electron chi connectivity index (χ0n) is 15.5. The molecule has 8 heteroatoms. The van der Waals surface area contributed by atoms with Crippen LogP contribution in [0.15, 0.2) is 65.3 Å². The van der Waals surface area contributed by atoms with Gasteiger partial charge in [0, 0.05) is 11.8 Å². The number of hydrogen-bond acceptors (Lipinski definition) is 5. The lowest BCUT2D eigenvalue weighted by atomic mass is 10.0. The van der Waals surface area contributed by atoms with Crippen LogP contribution in [-0.4, -0.2) is 30.0 Å². The third-order valence-corrected chi connectivity index (χ3v) is 4.08. The van der Waals surface area contributed by atoms with Crippen molar-refractivity contribution in [2.75, 3.05) is 17.7 Å². The molecule has 0 radical (unpaired) electrons.